The second-order valence-electron chi connectivity index (χ2n) is 9.81. The van der Waals surface area contributed by atoms with Gasteiger partial charge in [-0.3, -0.25) is 4.79 Å². The highest BCUT2D eigenvalue weighted by molar-refractivity contribution is 6.02. The fourth-order valence-corrected chi connectivity index (χ4v) is 6.34. The molecule has 6 unspecified atom stereocenters. The number of hydrogen-bond donors (Lipinski definition) is 4. The van der Waals surface area contributed by atoms with Crippen LogP contribution >= 0.6 is 0 Å². The van der Waals surface area contributed by atoms with Gasteiger partial charge in [0.2, 0.25) is 5.91 Å². The fraction of sp³-hybridized carbons (Fsp3) is 0.560. The summed E-state index contributed by atoms with van der Waals surface area (Å²) >= 11 is 0. The lowest BCUT2D eigenvalue weighted by molar-refractivity contribution is -0.185. The Morgan fingerprint density at radius 1 is 1.07 bits per heavy atom. The Morgan fingerprint density at radius 3 is 2.57 bits per heavy atom. The van der Waals surface area contributed by atoms with Crippen LogP contribution in [0, 0.1) is 22.7 Å². The van der Waals surface area contributed by atoms with Crippen molar-refractivity contribution in [3.63, 3.8) is 0 Å². The van der Waals surface area contributed by atoms with Crippen molar-refractivity contribution < 1.29 is 20.1 Å². The molecule has 2 aromatic rings. The third-order valence-electron chi connectivity index (χ3n) is 8.18. The summed E-state index contributed by atoms with van der Waals surface area (Å²) in [5, 5.41) is 36.7. The quantitative estimate of drug-likeness (QED) is 0.617. The Morgan fingerprint density at radius 2 is 1.80 bits per heavy atom. The summed E-state index contributed by atoms with van der Waals surface area (Å²) in [5.74, 6) is -0.240. The van der Waals surface area contributed by atoms with Crippen molar-refractivity contribution in [3.05, 3.63) is 42.5 Å². The smallest absolute Gasteiger partial charge is 0.224 e. The zero-order valence-corrected chi connectivity index (χ0v) is 17.8. The van der Waals surface area contributed by atoms with Gasteiger partial charge < -0.3 is 20.6 Å². The van der Waals surface area contributed by atoms with Crippen LogP contribution in [-0.4, -0.2) is 40.0 Å². The van der Waals surface area contributed by atoms with Crippen LogP contribution in [0.25, 0.3) is 10.8 Å². The van der Waals surface area contributed by atoms with Crippen LogP contribution < -0.4 is 5.32 Å². The Balaban J connectivity index is 1.57. The number of amides is 1. The predicted molar refractivity (Wildman–Crippen MR) is 118 cm³/mol. The van der Waals surface area contributed by atoms with E-state index >= 15 is 0 Å². The fourth-order valence-electron chi connectivity index (χ4n) is 6.34. The first-order valence-electron chi connectivity index (χ1n) is 11.0. The first-order chi connectivity index (χ1) is 14.3. The van der Waals surface area contributed by atoms with Crippen LogP contribution in [0.1, 0.15) is 46.0 Å². The Bertz CT molecular complexity index is 925. The highest BCUT2D eigenvalue weighted by Crippen LogP contribution is 2.60. The van der Waals surface area contributed by atoms with E-state index in [9.17, 15) is 20.1 Å². The number of carbonyl (C=O) groups excluding carboxylic acids is 1. The molecule has 6 atom stereocenters. The summed E-state index contributed by atoms with van der Waals surface area (Å²) < 4.78 is 0. The molecule has 4 rings (SSSR count). The summed E-state index contributed by atoms with van der Waals surface area (Å²) in [6, 6.07) is 13.8. The minimum Gasteiger partial charge on any atom is -0.396 e. The number of nitrogens with one attached hydrogen (secondary N) is 1. The van der Waals surface area contributed by atoms with E-state index in [1.54, 1.807) is 0 Å². The van der Waals surface area contributed by atoms with Crippen LogP contribution in [0.4, 0.5) is 5.69 Å². The number of carbonyl (C=O) groups is 1. The van der Waals surface area contributed by atoms with E-state index < -0.39 is 17.6 Å². The minimum absolute atomic E-state index is 0.0671. The van der Waals surface area contributed by atoms with Gasteiger partial charge in [0.1, 0.15) is 0 Å². The van der Waals surface area contributed by atoms with Crippen molar-refractivity contribution in [1.82, 2.24) is 0 Å². The molecular weight excluding hydrogens is 378 g/mol. The Kier molecular flexibility index (Phi) is 5.64. The molecule has 162 valence electrons. The number of aliphatic hydroxyl groups is 3. The van der Waals surface area contributed by atoms with Gasteiger partial charge in [-0.15, -0.1) is 0 Å². The lowest BCUT2D eigenvalue weighted by Gasteiger charge is -2.60. The van der Waals surface area contributed by atoms with Gasteiger partial charge in [0.05, 0.1) is 18.8 Å². The van der Waals surface area contributed by atoms with E-state index in [0.29, 0.717) is 12.8 Å². The molecule has 2 aliphatic rings. The molecule has 0 heterocycles. The summed E-state index contributed by atoms with van der Waals surface area (Å²) in [6.45, 7) is 4.00. The molecule has 0 spiro atoms. The van der Waals surface area contributed by atoms with E-state index in [0.717, 1.165) is 29.3 Å². The normalized spacial score (nSPS) is 36.3. The van der Waals surface area contributed by atoms with Gasteiger partial charge in [-0.05, 0) is 54.4 Å². The molecule has 30 heavy (non-hydrogen) atoms. The number of rotatable bonds is 4. The SMILES string of the molecule is CC1(CO)C(O)CCC2(C)C(CC(=O)Nc3cccc4ccccc34)C(O)CCC12. The molecule has 0 bridgehead atoms. The van der Waals surface area contributed by atoms with Crippen molar-refractivity contribution in [2.24, 2.45) is 22.7 Å². The van der Waals surface area contributed by atoms with Crippen LogP contribution in [0.5, 0.6) is 0 Å². The third kappa shape index (κ3) is 3.43. The van der Waals surface area contributed by atoms with Gasteiger partial charge in [0.15, 0.2) is 0 Å². The number of fused-ring (bicyclic) bond motifs is 2. The number of aliphatic hydroxyl groups excluding tert-OH is 3. The van der Waals surface area contributed by atoms with Gasteiger partial charge >= 0.3 is 0 Å². The molecule has 0 radical (unpaired) electrons. The largest absolute Gasteiger partial charge is 0.396 e. The molecule has 0 aromatic heterocycles. The topological polar surface area (TPSA) is 89.8 Å². The number of benzene rings is 2. The van der Waals surface area contributed by atoms with Crippen molar-refractivity contribution in [1.29, 1.82) is 0 Å². The Labute approximate surface area is 178 Å². The third-order valence-corrected chi connectivity index (χ3v) is 8.18. The molecule has 5 heteroatoms. The number of anilines is 1. The van der Waals surface area contributed by atoms with Gasteiger partial charge in [-0.25, -0.2) is 0 Å². The lowest BCUT2D eigenvalue weighted by atomic mass is 9.46. The van der Waals surface area contributed by atoms with Crippen molar-refractivity contribution >= 4 is 22.4 Å². The zero-order valence-electron chi connectivity index (χ0n) is 17.8. The summed E-state index contributed by atoms with van der Waals surface area (Å²) in [5.41, 5.74) is -0.119. The molecule has 2 aliphatic carbocycles. The van der Waals surface area contributed by atoms with Crippen LogP contribution in [-0.2, 0) is 4.79 Å². The highest BCUT2D eigenvalue weighted by atomic mass is 16.3. The molecule has 5 nitrogen and oxygen atoms in total. The van der Waals surface area contributed by atoms with Crippen LogP contribution in [0.15, 0.2) is 42.5 Å². The van der Waals surface area contributed by atoms with Crippen molar-refractivity contribution in [2.75, 3.05) is 11.9 Å². The first kappa shape index (κ1) is 21.3. The minimum atomic E-state index is -0.600. The number of hydrogen-bond acceptors (Lipinski definition) is 4. The monoisotopic (exact) mass is 411 g/mol. The maximum atomic E-state index is 13.1. The van der Waals surface area contributed by atoms with E-state index in [2.05, 4.69) is 12.2 Å². The summed E-state index contributed by atoms with van der Waals surface area (Å²) in [4.78, 5) is 13.1. The molecule has 4 N–H and O–H groups in total. The molecule has 2 saturated carbocycles. The van der Waals surface area contributed by atoms with E-state index in [-0.39, 0.29) is 36.2 Å². The van der Waals surface area contributed by atoms with Gasteiger partial charge in [0.25, 0.3) is 0 Å². The molecule has 2 fully saturated rings. The maximum absolute atomic E-state index is 13.1. The van der Waals surface area contributed by atoms with Gasteiger partial charge in [-0.1, -0.05) is 50.2 Å². The highest BCUT2D eigenvalue weighted by Gasteiger charge is 2.59. The Hall–Kier alpha value is -1.95. The molecule has 2 aromatic carbocycles. The van der Waals surface area contributed by atoms with E-state index in [1.165, 1.54) is 0 Å². The molecular formula is C25H33NO4. The molecule has 0 saturated heterocycles. The first-order valence-corrected chi connectivity index (χ1v) is 11.0. The second kappa shape index (κ2) is 7.95. The molecule has 0 aliphatic heterocycles. The van der Waals surface area contributed by atoms with E-state index in [1.807, 2.05) is 49.4 Å². The van der Waals surface area contributed by atoms with Gasteiger partial charge in [0, 0.05) is 22.9 Å². The zero-order chi connectivity index (χ0) is 21.5. The summed E-state index contributed by atoms with van der Waals surface area (Å²) in [7, 11) is 0. The predicted octanol–water partition coefficient (Wildman–Crippen LogP) is 3.72. The van der Waals surface area contributed by atoms with Crippen LogP contribution in [0.2, 0.25) is 0 Å². The lowest BCUT2D eigenvalue weighted by Crippen LogP contribution is -2.60. The maximum Gasteiger partial charge on any atom is 0.224 e. The van der Waals surface area contributed by atoms with Crippen molar-refractivity contribution in [2.45, 2.75) is 58.2 Å². The second-order valence-corrected chi connectivity index (χ2v) is 9.81. The molecule has 1 amide bonds. The van der Waals surface area contributed by atoms with Gasteiger partial charge in [-0.2, -0.15) is 0 Å². The standard InChI is InChI=1S/C25H33NO4/c1-24-13-12-22(29)25(2,15-27)21(24)11-10-20(28)18(24)14-23(30)26-19-9-5-7-16-6-3-4-8-17(16)19/h3-9,18,20-22,27-29H,10-15H2,1-2H3,(H,26,30). The van der Waals surface area contributed by atoms with Crippen LogP contribution in [0.3, 0.4) is 0 Å². The van der Waals surface area contributed by atoms with Crippen molar-refractivity contribution in [3.8, 4) is 0 Å². The summed E-state index contributed by atoms with van der Waals surface area (Å²) in [6.07, 6.45) is 1.80. The average molecular weight is 412 g/mol. The average Bonchev–Trinajstić information content (AvgIpc) is 2.74. The van der Waals surface area contributed by atoms with E-state index in [4.69, 9.17) is 0 Å².